The number of likely N-dealkylation sites (tertiary alicyclic amines) is 1. The number of hydrogen-bond acceptors (Lipinski definition) is 7. The van der Waals surface area contributed by atoms with Gasteiger partial charge in [-0.25, -0.2) is 4.39 Å². The van der Waals surface area contributed by atoms with E-state index in [0.29, 0.717) is 35.3 Å². The maximum atomic E-state index is 16.7. The second-order valence-corrected chi connectivity index (χ2v) is 12.4. The van der Waals surface area contributed by atoms with Gasteiger partial charge in [-0.1, -0.05) is 42.3 Å². The maximum absolute atomic E-state index is 16.7. The highest BCUT2D eigenvalue weighted by molar-refractivity contribution is 6.35. The molecule has 0 amide bonds. The van der Waals surface area contributed by atoms with Crippen LogP contribution in [0.25, 0.3) is 32.8 Å². The highest BCUT2D eigenvalue weighted by atomic mass is 35.5. The molecule has 4 heterocycles. The Balaban J connectivity index is 1.29. The fraction of sp³-hybridized carbons (Fsp3) is 0.455. The Bertz CT molecular complexity index is 1610. The number of nitrogens with zero attached hydrogens (tertiary/aromatic N) is 4. The molecule has 3 aromatic carbocycles. The molecule has 0 saturated carbocycles. The Morgan fingerprint density at radius 3 is 2.79 bits per heavy atom. The smallest absolute Gasteiger partial charge is 0.319 e. The predicted molar refractivity (Wildman–Crippen MR) is 166 cm³/mol. The second-order valence-electron chi connectivity index (χ2n) is 12.0. The molecular formula is C33H37ClFN5O2. The first-order valence-corrected chi connectivity index (χ1v) is 15.7. The van der Waals surface area contributed by atoms with Gasteiger partial charge < -0.3 is 25.0 Å². The summed E-state index contributed by atoms with van der Waals surface area (Å²) in [6.45, 7) is 6.39. The average Bonchev–Trinajstić information content (AvgIpc) is 3.34. The number of halogens is 2. The highest BCUT2D eigenvalue weighted by Gasteiger charge is 2.32. The van der Waals surface area contributed by atoms with Crippen LogP contribution in [0.2, 0.25) is 5.02 Å². The van der Waals surface area contributed by atoms with Gasteiger partial charge in [0.1, 0.15) is 17.1 Å². The molecule has 0 aliphatic carbocycles. The lowest BCUT2D eigenvalue weighted by molar-refractivity contribution is 0.201. The van der Waals surface area contributed by atoms with Crippen LogP contribution >= 0.6 is 11.6 Å². The molecule has 3 aliphatic heterocycles. The van der Waals surface area contributed by atoms with Crippen molar-refractivity contribution in [3.05, 3.63) is 53.3 Å². The van der Waals surface area contributed by atoms with Crippen molar-refractivity contribution >= 4 is 39.1 Å². The Labute approximate surface area is 250 Å². The minimum atomic E-state index is -0.537. The number of rotatable bonds is 7. The Morgan fingerprint density at radius 1 is 1.05 bits per heavy atom. The lowest BCUT2D eigenvalue weighted by Crippen LogP contribution is -2.39. The average molecular weight is 590 g/mol. The summed E-state index contributed by atoms with van der Waals surface area (Å²) >= 11 is 6.87. The monoisotopic (exact) mass is 589 g/mol. The summed E-state index contributed by atoms with van der Waals surface area (Å²) in [5.74, 6) is 0.815. The SMILES string of the molecule is Oc1cc(-c2c(Cl)cc3c(N4CCC5CNC(C5)C4)nc(OCCCN4CCCCC4)nc3c2F)c2ccccc2c1. The fourth-order valence-corrected chi connectivity index (χ4v) is 7.29. The molecule has 0 spiro atoms. The molecule has 2 atom stereocenters. The zero-order valence-electron chi connectivity index (χ0n) is 23.8. The van der Waals surface area contributed by atoms with Crippen LogP contribution in [0.1, 0.15) is 38.5 Å². The molecule has 0 radical (unpaired) electrons. The van der Waals surface area contributed by atoms with E-state index in [1.807, 2.05) is 24.3 Å². The van der Waals surface area contributed by atoms with E-state index in [1.54, 1.807) is 18.2 Å². The van der Waals surface area contributed by atoms with Gasteiger partial charge in [-0.2, -0.15) is 9.97 Å². The van der Waals surface area contributed by atoms with Crippen LogP contribution in [0.5, 0.6) is 11.8 Å². The van der Waals surface area contributed by atoms with Gasteiger partial charge in [-0.15, -0.1) is 0 Å². The van der Waals surface area contributed by atoms with Crippen LogP contribution in [0, 0.1) is 11.7 Å². The van der Waals surface area contributed by atoms with Gasteiger partial charge in [0.15, 0.2) is 5.82 Å². The summed E-state index contributed by atoms with van der Waals surface area (Å²) in [7, 11) is 0. The molecule has 7 nitrogen and oxygen atoms in total. The van der Waals surface area contributed by atoms with Gasteiger partial charge in [0, 0.05) is 36.6 Å². The fourth-order valence-electron chi connectivity index (χ4n) is 7.00. The van der Waals surface area contributed by atoms with Crippen LogP contribution in [0.15, 0.2) is 42.5 Å². The number of phenols is 1. The molecule has 42 heavy (non-hydrogen) atoms. The van der Waals surface area contributed by atoms with E-state index >= 15 is 4.39 Å². The number of benzene rings is 3. The van der Waals surface area contributed by atoms with E-state index in [4.69, 9.17) is 21.3 Å². The van der Waals surface area contributed by atoms with Crippen LogP contribution in [-0.4, -0.2) is 71.9 Å². The van der Waals surface area contributed by atoms with E-state index in [1.165, 1.54) is 19.3 Å². The van der Waals surface area contributed by atoms with E-state index in [2.05, 4.69) is 20.1 Å². The normalized spacial score (nSPS) is 21.2. The number of aromatic nitrogens is 2. The van der Waals surface area contributed by atoms with Gasteiger partial charge >= 0.3 is 6.01 Å². The first kappa shape index (κ1) is 27.6. The number of hydrogen-bond donors (Lipinski definition) is 2. The van der Waals surface area contributed by atoms with Crippen molar-refractivity contribution in [2.75, 3.05) is 50.8 Å². The van der Waals surface area contributed by atoms with Crippen LogP contribution in [0.4, 0.5) is 10.2 Å². The Kier molecular flexibility index (Phi) is 7.78. The number of nitrogens with one attached hydrogen (secondary N) is 1. The Morgan fingerprint density at radius 2 is 1.90 bits per heavy atom. The van der Waals surface area contributed by atoms with Crippen molar-refractivity contribution in [1.29, 1.82) is 0 Å². The van der Waals surface area contributed by atoms with Crippen LogP contribution < -0.4 is 15.0 Å². The number of anilines is 1. The van der Waals surface area contributed by atoms with Crippen molar-refractivity contribution in [3.63, 3.8) is 0 Å². The van der Waals surface area contributed by atoms with E-state index in [0.717, 1.165) is 69.3 Å². The number of ether oxygens (including phenoxy) is 1. The summed E-state index contributed by atoms with van der Waals surface area (Å²) in [5.41, 5.74) is 0.921. The van der Waals surface area contributed by atoms with Crippen molar-refractivity contribution < 1.29 is 14.2 Å². The number of fused-ring (bicyclic) bond motifs is 4. The quantitative estimate of drug-likeness (QED) is 0.242. The van der Waals surface area contributed by atoms with Crippen molar-refractivity contribution in [3.8, 4) is 22.9 Å². The molecule has 2 unspecified atom stereocenters. The minimum Gasteiger partial charge on any atom is -0.508 e. The lowest BCUT2D eigenvalue weighted by Gasteiger charge is -2.28. The molecule has 3 fully saturated rings. The zero-order chi connectivity index (χ0) is 28.6. The third-order valence-electron chi connectivity index (χ3n) is 9.12. The predicted octanol–water partition coefficient (Wildman–Crippen LogP) is 6.39. The topological polar surface area (TPSA) is 73.8 Å². The third-order valence-corrected chi connectivity index (χ3v) is 9.42. The summed E-state index contributed by atoms with van der Waals surface area (Å²) in [4.78, 5) is 14.2. The molecule has 7 rings (SSSR count). The van der Waals surface area contributed by atoms with Crippen molar-refractivity contribution in [2.24, 2.45) is 5.92 Å². The maximum Gasteiger partial charge on any atom is 0.319 e. The van der Waals surface area contributed by atoms with E-state index in [-0.39, 0.29) is 27.9 Å². The molecule has 220 valence electrons. The first-order chi connectivity index (χ1) is 20.5. The van der Waals surface area contributed by atoms with Crippen LogP contribution in [-0.2, 0) is 0 Å². The number of phenolic OH excluding ortho intramolecular Hbond substituents is 1. The van der Waals surface area contributed by atoms with Gasteiger partial charge in [-0.05, 0) is 92.2 Å². The van der Waals surface area contributed by atoms with Gasteiger partial charge in [0.25, 0.3) is 0 Å². The summed E-state index contributed by atoms with van der Waals surface area (Å²) in [6, 6.07) is 13.2. The summed E-state index contributed by atoms with van der Waals surface area (Å²) in [6.07, 6.45) is 6.86. The molecule has 9 heteroatoms. The van der Waals surface area contributed by atoms with Gasteiger partial charge in [-0.3, -0.25) is 0 Å². The van der Waals surface area contributed by atoms with Crippen LogP contribution in [0.3, 0.4) is 0 Å². The molecule has 3 saturated heterocycles. The summed E-state index contributed by atoms with van der Waals surface area (Å²) in [5, 5.41) is 16.5. The van der Waals surface area contributed by atoms with Crippen molar-refractivity contribution in [1.82, 2.24) is 20.2 Å². The van der Waals surface area contributed by atoms with Crippen molar-refractivity contribution in [2.45, 2.75) is 44.6 Å². The third kappa shape index (κ3) is 5.48. The van der Waals surface area contributed by atoms with Gasteiger partial charge in [0.2, 0.25) is 0 Å². The summed E-state index contributed by atoms with van der Waals surface area (Å²) < 4.78 is 22.8. The molecule has 2 bridgehead atoms. The highest BCUT2D eigenvalue weighted by Crippen LogP contribution is 2.42. The van der Waals surface area contributed by atoms with E-state index in [9.17, 15) is 5.11 Å². The molecule has 2 N–H and O–H groups in total. The number of aromatic hydroxyl groups is 1. The zero-order valence-corrected chi connectivity index (χ0v) is 24.5. The molecule has 3 aliphatic rings. The lowest BCUT2D eigenvalue weighted by atomic mass is 9.96. The Hall–Kier alpha value is -3.20. The standard InChI is InChI=1S/C33H37ClFN5O2/c34-28-18-27-31(30(35)29(28)26-17-24(41)16-22-7-2-3-8-25(22)26)37-33(42-14-6-12-39-10-4-1-5-11-39)38-32(27)40-13-9-21-15-23(20-40)36-19-21/h2-3,7-8,16-18,21,23,36,41H,1,4-6,9-15,19-20H2. The molecule has 4 aromatic rings. The first-order valence-electron chi connectivity index (χ1n) is 15.3. The molecular weight excluding hydrogens is 553 g/mol. The minimum absolute atomic E-state index is 0.0486. The second kappa shape index (κ2) is 11.8. The number of piperidine rings is 1. The van der Waals surface area contributed by atoms with E-state index < -0.39 is 5.82 Å². The largest absolute Gasteiger partial charge is 0.508 e. The molecule has 1 aromatic heterocycles. The van der Waals surface area contributed by atoms with Gasteiger partial charge in [0.05, 0.1) is 11.6 Å².